The third-order valence-corrected chi connectivity index (χ3v) is 27.7. The summed E-state index contributed by atoms with van der Waals surface area (Å²) in [4.78, 5) is 14.3. The van der Waals surface area contributed by atoms with Crippen LogP contribution in [-0.2, 0) is 0 Å². The number of hydrogen-bond acceptors (Lipinski definition) is 6. The van der Waals surface area contributed by atoms with Crippen LogP contribution in [0.2, 0.25) is 0 Å². The number of rotatable bonds is 0. The van der Waals surface area contributed by atoms with Crippen molar-refractivity contribution >= 4 is 229 Å². The van der Waals surface area contributed by atoms with Gasteiger partial charge in [-0.15, -0.1) is 0 Å². The van der Waals surface area contributed by atoms with Gasteiger partial charge in [-0.25, -0.2) is 0 Å². The molecule has 12 aliphatic rings. The molecule has 0 saturated carbocycles. The maximum Gasteiger partial charge on any atom is 0.320 e. The van der Waals surface area contributed by atoms with Crippen LogP contribution in [0.5, 0.6) is 0 Å². The quantitative estimate of drug-likeness (QED) is 0.0850. The van der Waals surface area contributed by atoms with Crippen molar-refractivity contribution in [3.63, 3.8) is 0 Å². The van der Waals surface area contributed by atoms with Crippen LogP contribution in [0.3, 0.4) is 0 Å². The highest BCUT2D eigenvalue weighted by atomic mass is 15.1. The van der Waals surface area contributed by atoms with E-state index in [9.17, 15) is 0 Å². The number of fused-ring (bicyclic) bond motifs is 39. The Hall–Kier alpha value is -16.2. The Morgan fingerprint density at radius 1 is 0.185 bits per heavy atom. The van der Waals surface area contributed by atoms with Crippen molar-refractivity contribution in [3.8, 4) is 11.1 Å². The zero-order valence-corrected chi connectivity index (χ0v) is 71.5. The van der Waals surface area contributed by atoms with Crippen LogP contribution in [0, 0.1) is 0 Å². The number of anilines is 6. The molecule has 0 fully saturated rings. The Morgan fingerprint density at radius 3 is 1.23 bits per heavy atom. The van der Waals surface area contributed by atoms with Gasteiger partial charge in [0.1, 0.15) is 0 Å². The average Bonchev–Trinajstić information content (AvgIpc) is 0.723. The van der Waals surface area contributed by atoms with Gasteiger partial charge in [0.25, 0.3) is 0 Å². The molecule has 0 N–H and O–H groups in total. The number of hydrogen-bond donors (Lipinski definition) is 0. The molecule has 602 valence electrons. The van der Waals surface area contributed by atoms with Crippen LogP contribution in [0.15, 0.2) is 473 Å². The molecule has 130 heavy (non-hydrogen) atoms. The van der Waals surface area contributed by atoms with Crippen molar-refractivity contribution in [1.29, 1.82) is 0 Å². The molecule has 18 aromatic carbocycles. The Morgan fingerprint density at radius 2 is 0.569 bits per heavy atom. The van der Waals surface area contributed by atoms with E-state index in [0.29, 0.717) is 41.1 Å². The van der Waals surface area contributed by atoms with Crippen LogP contribution in [0.4, 0.5) is 34.1 Å². The molecule has 12 aliphatic heterocycles. The standard InChI is InChI=1S/5C20H14BN.C18H12BN/c1-2-9-17-15(7-1)16-8-3-4-10-18(16)20-19(17)11-13-21-12-5-6-14-22(20)21;1-2-8-16-15(7-1)11-12-19-20(16)17-9-3-4-10-18(17)21-13-5-6-14-22(19)21;1-2-6-17-15(5-1)7-10-19-18(17)9-8-16-11-13-21-12-3-4-14-22(21)20(16)19;1-2-6-18-15(5-1)7-8-16-9-10-17-11-13-21-12-3-4-14-22(21)20(17)19(16)18;1-2-6-17-14-19-18(13-16(17)5-1)8-7-15-9-11-21-10-3-4-12-22(21)20(15)19;1-2-12-20-16-8-4-6-14-10-9-13-5-3-7-15(19(20)11-1)17(13)18(14)16/h5*1-14H;1-12H. The molecule has 0 amide bonds. The molecule has 12 heteroatoms. The highest BCUT2D eigenvalue weighted by Crippen LogP contribution is 2.48. The lowest BCUT2D eigenvalue weighted by molar-refractivity contribution is 1.37. The van der Waals surface area contributed by atoms with Gasteiger partial charge < -0.3 is 28.9 Å². The fraction of sp³-hybridized carbons (Fsp3) is 0. The molecule has 0 aliphatic carbocycles. The molecule has 0 atom stereocenters. The molecule has 0 unspecified atom stereocenters. The van der Waals surface area contributed by atoms with Crippen LogP contribution in [0.25, 0.3) is 154 Å². The van der Waals surface area contributed by atoms with Gasteiger partial charge in [0, 0.05) is 72.2 Å². The molecule has 0 bridgehead atoms. The summed E-state index contributed by atoms with van der Waals surface area (Å²) in [7, 11) is 0. The second-order valence-electron chi connectivity index (χ2n) is 34.8. The minimum absolute atomic E-state index is 0.301. The molecular formula is C118H82B6N6. The monoisotopic (exact) mass is 1650 g/mol. The fourth-order valence-corrected chi connectivity index (χ4v) is 21.8. The average molecular weight is 1650 g/mol. The molecule has 30 rings (SSSR count). The summed E-state index contributed by atoms with van der Waals surface area (Å²) < 4.78 is 0. The zero-order valence-electron chi connectivity index (χ0n) is 71.5. The molecule has 18 aromatic rings. The number of benzene rings is 18. The van der Waals surface area contributed by atoms with E-state index < -0.39 is 0 Å². The van der Waals surface area contributed by atoms with E-state index in [2.05, 4.69) is 526 Å². The second-order valence-corrected chi connectivity index (χ2v) is 34.8. The van der Waals surface area contributed by atoms with Gasteiger partial charge in [-0.2, -0.15) is 0 Å². The van der Waals surface area contributed by atoms with Gasteiger partial charge in [-0.1, -0.05) is 400 Å². The molecular weight excluding hydrogens is 1570 g/mol. The van der Waals surface area contributed by atoms with Gasteiger partial charge in [0.05, 0.1) is 0 Å². The van der Waals surface area contributed by atoms with E-state index in [4.69, 9.17) is 0 Å². The van der Waals surface area contributed by atoms with Crippen molar-refractivity contribution in [3.05, 3.63) is 495 Å². The normalized spacial score (nSPS) is 15.3. The number of allylic oxidation sites excluding steroid dienone is 12. The van der Waals surface area contributed by atoms with Crippen LogP contribution in [0.1, 0.15) is 22.3 Å². The number of nitrogens with zero attached hydrogens (tertiary/aromatic N) is 6. The first-order valence-electron chi connectivity index (χ1n) is 45.4. The van der Waals surface area contributed by atoms with Crippen molar-refractivity contribution in [2.24, 2.45) is 0 Å². The summed E-state index contributed by atoms with van der Waals surface area (Å²) >= 11 is 0. The molecule has 0 radical (unpaired) electrons. The topological polar surface area (TPSA) is 19.4 Å². The predicted molar refractivity (Wildman–Crippen MR) is 571 cm³/mol. The third kappa shape index (κ3) is 12.9. The third-order valence-electron chi connectivity index (χ3n) is 27.7. The predicted octanol–water partition coefficient (Wildman–Crippen LogP) is 27.7. The molecule has 6 nitrogen and oxygen atoms in total. The first kappa shape index (κ1) is 76.3. The summed E-state index contributed by atoms with van der Waals surface area (Å²) in [6.45, 7) is 1.92. The van der Waals surface area contributed by atoms with Crippen LogP contribution >= 0.6 is 0 Å². The SMILES string of the molecule is C1=CB2C=Cc3c(c4ccccc4c4ccccc34)N2C=C1.C1=CB2C=Cc3ccc4c(ccc5ccccc54)c3N2C=C1.C1=CB2C=Cc3ccc4cc5ccccc5cc4c3N2C=C1.C1=CB2C=Cc3ccc4ccc5ccccc5c4c3N2C=C1.C1=CB2c3cccc4ccc5cccc(c5c34)N2C=C1.C1=CB2c3ccccc3-c3c(ccc4ccccc34)N2C=C1. The summed E-state index contributed by atoms with van der Waals surface area (Å²) in [6, 6.07) is 110. The summed E-state index contributed by atoms with van der Waals surface area (Å²) in [5.41, 5.74) is 18.6. The lowest BCUT2D eigenvalue weighted by Crippen LogP contribution is -2.49. The molecule has 0 saturated heterocycles. The summed E-state index contributed by atoms with van der Waals surface area (Å²) in [5.74, 6) is 22.6. The first-order chi connectivity index (χ1) is 64.5. The highest BCUT2D eigenvalue weighted by Gasteiger charge is 2.37. The van der Waals surface area contributed by atoms with E-state index in [1.807, 2.05) is 0 Å². The smallest absolute Gasteiger partial charge is 0.320 e. The van der Waals surface area contributed by atoms with Crippen molar-refractivity contribution < 1.29 is 0 Å². The first-order valence-corrected chi connectivity index (χ1v) is 45.4. The van der Waals surface area contributed by atoms with E-state index in [1.165, 1.54) is 197 Å². The van der Waals surface area contributed by atoms with Gasteiger partial charge in [0.2, 0.25) is 0 Å². The summed E-state index contributed by atoms with van der Waals surface area (Å²) in [5, 5.41) is 29.2. The lowest BCUT2D eigenvalue weighted by Gasteiger charge is -2.36. The van der Waals surface area contributed by atoms with Crippen molar-refractivity contribution in [2.45, 2.75) is 0 Å². The van der Waals surface area contributed by atoms with Gasteiger partial charge in [-0.05, 0) is 223 Å². The molecule has 12 heterocycles. The Labute approximate surface area is 759 Å². The van der Waals surface area contributed by atoms with E-state index in [-0.39, 0.29) is 0 Å². The van der Waals surface area contributed by atoms with E-state index in [0.717, 1.165) is 0 Å². The van der Waals surface area contributed by atoms with Gasteiger partial charge in [-0.3, -0.25) is 0 Å². The Balaban J connectivity index is 0.0000000842. The maximum atomic E-state index is 2.38. The van der Waals surface area contributed by atoms with E-state index in [1.54, 1.807) is 0 Å². The Bertz CT molecular complexity index is 8220. The van der Waals surface area contributed by atoms with Crippen LogP contribution in [-0.4, -0.2) is 41.1 Å². The van der Waals surface area contributed by atoms with Crippen molar-refractivity contribution in [1.82, 2.24) is 0 Å². The second kappa shape index (κ2) is 32.1. The molecule has 0 aromatic heterocycles. The van der Waals surface area contributed by atoms with E-state index >= 15 is 0 Å². The Kier molecular flexibility index (Phi) is 18.8. The fourth-order valence-electron chi connectivity index (χ4n) is 21.8. The maximum absolute atomic E-state index is 2.38. The summed E-state index contributed by atoms with van der Waals surface area (Å²) in [6.07, 6.45) is 47.6. The van der Waals surface area contributed by atoms with Crippen LogP contribution < -0.4 is 39.8 Å². The minimum atomic E-state index is 0.301. The minimum Gasteiger partial charge on any atom is -0.383 e. The lowest BCUT2D eigenvalue weighted by atomic mass is 9.49. The van der Waals surface area contributed by atoms with Gasteiger partial charge in [0.15, 0.2) is 0 Å². The molecule has 0 spiro atoms. The zero-order chi connectivity index (χ0) is 85.7. The largest absolute Gasteiger partial charge is 0.383 e. The highest BCUT2D eigenvalue weighted by molar-refractivity contribution is 6.86. The van der Waals surface area contributed by atoms with Crippen molar-refractivity contribution in [2.75, 3.05) is 28.9 Å². The van der Waals surface area contributed by atoms with Gasteiger partial charge >= 0.3 is 41.1 Å².